The van der Waals surface area contributed by atoms with Crippen LogP contribution in [0.15, 0.2) is 0 Å². The van der Waals surface area contributed by atoms with Gasteiger partial charge in [0.25, 0.3) is 0 Å². The molecule has 1 aliphatic heterocycles. The normalized spacial score (nSPS) is 45.5. The minimum atomic E-state index is -0.276. The highest BCUT2D eigenvalue weighted by Gasteiger charge is 2.50. The van der Waals surface area contributed by atoms with E-state index < -0.39 is 0 Å². The maximum atomic E-state index is 10.3. The van der Waals surface area contributed by atoms with Crippen LogP contribution in [0.5, 0.6) is 0 Å². The second-order valence-electron chi connectivity index (χ2n) is 10.1. The summed E-state index contributed by atoms with van der Waals surface area (Å²) >= 11 is 0. The molecule has 4 bridgehead atoms. The van der Waals surface area contributed by atoms with Gasteiger partial charge in [-0.15, -0.1) is 0 Å². The monoisotopic (exact) mass is 336 g/mol. The van der Waals surface area contributed by atoms with Crippen LogP contribution < -0.4 is 4.90 Å². The number of rotatable bonds is 7. The van der Waals surface area contributed by atoms with Crippen molar-refractivity contribution in [2.75, 3.05) is 32.8 Å². The lowest BCUT2D eigenvalue weighted by molar-refractivity contribution is -0.911. The SMILES string of the molecule is C[C@@H]1CCC[NH+](C[C@H](O)COCCC23CC4CC(CC(C4)C2)C3)C1. The van der Waals surface area contributed by atoms with Gasteiger partial charge in [0, 0.05) is 12.5 Å². The van der Waals surface area contributed by atoms with Crippen molar-refractivity contribution < 1.29 is 14.7 Å². The quantitative estimate of drug-likeness (QED) is 0.700. The molecule has 1 saturated heterocycles. The molecule has 5 aliphatic rings. The van der Waals surface area contributed by atoms with Gasteiger partial charge in [0.05, 0.1) is 19.7 Å². The van der Waals surface area contributed by atoms with E-state index in [-0.39, 0.29) is 6.10 Å². The summed E-state index contributed by atoms with van der Waals surface area (Å²) in [5.74, 6) is 3.92. The van der Waals surface area contributed by atoms with Gasteiger partial charge in [-0.1, -0.05) is 6.92 Å². The summed E-state index contributed by atoms with van der Waals surface area (Å²) in [6.07, 6.45) is 12.6. The first-order chi connectivity index (χ1) is 11.6. The Labute approximate surface area is 148 Å². The Bertz CT molecular complexity index is 389. The van der Waals surface area contributed by atoms with Crippen LogP contribution in [-0.2, 0) is 4.74 Å². The Hall–Kier alpha value is -0.120. The summed E-state index contributed by atoms with van der Waals surface area (Å²) in [6.45, 7) is 7.09. The van der Waals surface area contributed by atoms with Crippen LogP contribution >= 0.6 is 0 Å². The fraction of sp³-hybridized carbons (Fsp3) is 1.00. The number of likely N-dealkylation sites (tertiary alicyclic amines) is 1. The highest BCUT2D eigenvalue weighted by atomic mass is 16.5. The molecule has 1 unspecified atom stereocenters. The largest absolute Gasteiger partial charge is 0.385 e. The van der Waals surface area contributed by atoms with Crippen molar-refractivity contribution in [3.63, 3.8) is 0 Å². The summed E-state index contributed by atoms with van der Waals surface area (Å²) in [6, 6.07) is 0. The van der Waals surface area contributed by atoms with Crippen LogP contribution in [0.2, 0.25) is 0 Å². The zero-order valence-electron chi connectivity index (χ0n) is 15.6. The molecule has 4 aliphatic carbocycles. The van der Waals surface area contributed by atoms with E-state index in [9.17, 15) is 5.11 Å². The van der Waals surface area contributed by atoms with Crippen molar-refractivity contribution in [3.05, 3.63) is 0 Å². The van der Waals surface area contributed by atoms with Gasteiger partial charge in [0.15, 0.2) is 0 Å². The molecule has 0 aromatic heterocycles. The molecule has 1 heterocycles. The van der Waals surface area contributed by atoms with Gasteiger partial charge >= 0.3 is 0 Å². The lowest BCUT2D eigenvalue weighted by atomic mass is 9.49. The first-order valence-corrected chi connectivity index (χ1v) is 10.7. The van der Waals surface area contributed by atoms with Crippen molar-refractivity contribution in [3.8, 4) is 0 Å². The van der Waals surface area contributed by atoms with Gasteiger partial charge in [-0.3, -0.25) is 0 Å². The first-order valence-electron chi connectivity index (χ1n) is 10.7. The highest BCUT2D eigenvalue weighted by molar-refractivity contribution is 5.01. The average Bonchev–Trinajstić information content (AvgIpc) is 2.50. The third-order valence-electron chi connectivity index (χ3n) is 7.64. The van der Waals surface area contributed by atoms with Gasteiger partial charge < -0.3 is 14.7 Å². The van der Waals surface area contributed by atoms with E-state index in [0.29, 0.717) is 12.0 Å². The van der Waals surface area contributed by atoms with Crippen LogP contribution in [0.4, 0.5) is 0 Å². The molecule has 3 heteroatoms. The molecule has 0 aromatic rings. The van der Waals surface area contributed by atoms with E-state index in [0.717, 1.165) is 36.8 Å². The van der Waals surface area contributed by atoms with E-state index in [2.05, 4.69) is 6.92 Å². The second-order valence-corrected chi connectivity index (χ2v) is 10.1. The number of nitrogens with one attached hydrogen (secondary N) is 1. The lowest BCUT2D eigenvalue weighted by Gasteiger charge is -2.57. The molecule has 3 nitrogen and oxygen atoms in total. The number of hydrogen-bond donors (Lipinski definition) is 2. The summed E-state index contributed by atoms with van der Waals surface area (Å²) in [5, 5.41) is 10.3. The van der Waals surface area contributed by atoms with E-state index in [4.69, 9.17) is 4.74 Å². The van der Waals surface area contributed by atoms with Crippen LogP contribution in [0.25, 0.3) is 0 Å². The third-order valence-corrected chi connectivity index (χ3v) is 7.64. The molecule has 3 atom stereocenters. The molecular weight excluding hydrogens is 298 g/mol. The molecule has 0 spiro atoms. The molecule has 0 aromatic carbocycles. The van der Waals surface area contributed by atoms with E-state index in [1.54, 1.807) is 4.90 Å². The summed E-state index contributed by atoms with van der Waals surface area (Å²) in [5.41, 5.74) is 0.618. The summed E-state index contributed by atoms with van der Waals surface area (Å²) in [7, 11) is 0. The number of aliphatic hydroxyl groups is 1. The number of hydrogen-bond acceptors (Lipinski definition) is 2. The highest BCUT2D eigenvalue weighted by Crippen LogP contribution is 2.61. The topological polar surface area (TPSA) is 33.9 Å². The van der Waals surface area contributed by atoms with Crippen LogP contribution in [0.3, 0.4) is 0 Å². The Balaban J connectivity index is 1.16. The maximum absolute atomic E-state index is 10.3. The molecule has 0 amide bonds. The van der Waals surface area contributed by atoms with Crippen molar-refractivity contribution >= 4 is 0 Å². The van der Waals surface area contributed by atoms with Crippen molar-refractivity contribution in [1.82, 2.24) is 0 Å². The Morgan fingerprint density at radius 1 is 1.12 bits per heavy atom. The number of ether oxygens (including phenoxy) is 1. The molecule has 5 rings (SSSR count). The minimum absolute atomic E-state index is 0.276. The van der Waals surface area contributed by atoms with Crippen molar-refractivity contribution in [2.45, 2.75) is 70.8 Å². The van der Waals surface area contributed by atoms with Crippen molar-refractivity contribution in [1.29, 1.82) is 0 Å². The molecule has 2 N–H and O–H groups in total. The summed E-state index contributed by atoms with van der Waals surface area (Å²) in [4.78, 5) is 1.57. The molecule has 24 heavy (non-hydrogen) atoms. The van der Waals surface area contributed by atoms with E-state index in [1.807, 2.05) is 0 Å². The Morgan fingerprint density at radius 3 is 2.42 bits per heavy atom. The number of piperidine rings is 1. The van der Waals surface area contributed by atoms with Gasteiger partial charge in [0.2, 0.25) is 0 Å². The lowest BCUT2D eigenvalue weighted by Crippen LogP contribution is -3.14. The smallest absolute Gasteiger partial charge is 0.126 e. The van der Waals surface area contributed by atoms with Gasteiger partial charge in [-0.2, -0.15) is 0 Å². The number of quaternary nitrogens is 1. The molecule has 4 saturated carbocycles. The van der Waals surface area contributed by atoms with Crippen LogP contribution in [0, 0.1) is 29.1 Å². The van der Waals surface area contributed by atoms with Gasteiger partial charge in [-0.05, 0) is 81.0 Å². The minimum Gasteiger partial charge on any atom is -0.385 e. The van der Waals surface area contributed by atoms with Crippen LogP contribution in [0.1, 0.15) is 64.7 Å². The predicted octanol–water partition coefficient (Wildman–Crippen LogP) is 2.29. The van der Waals surface area contributed by atoms with Crippen molar-refractivity contribution in [2.24, 2.45) is 29.1 Å². The standard InChI is InChI=1S/C21H37NO2/c1-16-3-2-5-22(13-16)14-20(23)15-24-6-4-21-10-17-7-18(11-21)9-19(8-17)12-21/h16-20,23H,2-15H2,1H3/p+1/t16-,17?,18?,19?,20+,21?/m1/s1. The maximum Gasteiger partial charge on any atom is 0.126 e. The first kappa shape index (κ1) is 17.3. The zero-order chi connectivity index (χ0) is 16.6. The fourth-order valence-corrected chi connectivity index (χ4v) is 7.08. The van der Waals surface area contributed by atoms with Gasteiger partial charge in [-0.25, -0.2) is 0 Å². The molecular formula is C21H38NO2+. The van der Waals surface area contributed by atoms with Gasteiger partial charge in [0.1, 0.15) is 12.6 Å². The Morgan fingerprint density at radius 2 is 1.79 bits per heavy atom. The Kier molecular flexibility index (Phi) is 5.22. The third kappa shape index (κ3) is 3.99. The number of aliphatic hydroxyl groups excluding tert-OH is 1. The average molecular weight is 337 g/mol. The fourth-order valence-electron chi connectivity index (χ4n) is 7.08. The van der Waals surface area contributed by atoms with E-state index >= 15 is 0 Å². The predicted molar refractivity (Wildman–Crippen MR) is 96.0 cm³/mol. The molecule has 138 valence electrons. The zero-order valence-corrected chi connectivity index (χ0v) is 15.6. The molecule has 5 fully saturated rings. The van der Waals surface area contributed by atoms with E-state index in [1.165, 1.54) is 70.9 Å². The molecule has 0 radical (unpaired) electrons. The second kappa shape index (κ2) is 7.25. The summed E-state index contributed by atoms with van der Waals surface area (Å²) < 4.78 is 5.94. The van der Waals surface area contributed by atoms with Crippen LogP contribution in [-0.4, -0.2) is 44.1 Å².